The fourth-order valence-electron chi connectivity index (χ4n) is 4.32. The molecule has 10 nitrogen and oxygen atoms in total. The molecule has 0 unspecified atom stereocenters. The number of nitrogens with zero attached hydrogens (tertiary/aromatic N) is 3. The minimum atomic E-state index is -1.35. The molecule has 0 radical (unpaired) electrons. The summed E-state index contributed by atoms with van der Waals surface area (Å²) in [6.45, 7) is 7.99. The fraction of sp³-hybridized carbons (Fsp3) is 0.524. The summed E-state index contributed by atoms with van der Waals surface area (Å²) in [5.74, 6) is -2.35. The molecule has 31 heavy (non-hydrogen) atoms. The quantitative estimate of drug-likeness (QED) is 0.302. The monoisotopic (exact) mass is 431 g/mol. The molecule has 0 saturated carbocycles. The summed E-state index contributed by atoms with van der Waals surface area (Å²) in [7, 11) is 0. The molecule has 0 N–H and O–H groups in total. The number of esters is 1. The maximum absolute atomic E-state index is 12.7. The lowest BCUT2D eigenvalue weighted by Gasteiger charge is -2.36. The van der Waals surface area contributed by atoms with Crippen molar-refractivity contribution < 1.29 is 28.8 Å². The lowest BCUT2D eigenvalue weighted by atomic mass is 9.91. The molecule has 3 amide bonds. The first-order valence-corrected chi connectivity index (χ1v) is 10.2. The summed E-state index contributed by atoms with van der Waals surface area (Å²) in [6.07, 6.45) is -0.0714. The number of nitro groups is 1. The lowest BCUT2D eigenvalue weighted by molar-refractivity contribution is -0.385. The third-order valence-corrected chi connectivity index (χ3v) is 5.67. The number of imide groups is 1. The van der Waals surface area contributed by atoms with Gasteiger partial charge in [0.25, 0.3) is 23.4 Å². The number of fused-ring (bicyclic) bond motifs is 1. The van der Waals surface area contributed by atoms with E-state index in [1.807, 2.05) is 0 Å². The van der Waals surface area contributed by atoms with E-state index in [2.05, 4.69) is 13.8 Å². The Balaban J connectivity index is 1.72. The fourth-order valence-corrected chi connectivity index (χ4v) is 4.32. The number of hydrogen-bond donors (Lipinski definition) is 0. The molecule has 0 aliphatic carbocycles. The van der Waals surface area contributed by atoms with Crippen molar-refractivity contribution in [2.75, 3.05) is 13.1 Å². The number of amides is 3. The van der Waals surface area contributed by atoms with Crippen LogP contribution in [-0.4, -0.2) is 63.6 Å². The summed E-state index contributed by atoms with van der Waals surface area (Å²) >= 11 is 0. The van der Waals surface area contributed by atoms with Crippen molar-refractivity contribution in [1.29, 1.82) is 0 Å². The van der Waals surface area contributed by atoms with E-state index in [1.54, 1.807) is 4.90 Å². The SMILES string of the molecule is C[C@@H]1C[C@H](C)CN(C(=O)[C@H](C)OC(=O)[C@@H](C)N2C(=O)c3cccc([N+](=O)[O-])c3C2=O)C1. The summed E-state index contributed by atoms with van der Waals surface area (Å²) < 4.78 is 5.27. The molecule has 1 aromatic carbocycles. The number of likely N-dealkylation sites (tertiary alicyclic amines) is 1. The van der Waals surface area contributed by atoms with Crippen molar-refractivity contribution in [2.24, 2.45) is 11.8 Å². The van der Waals surface area contributed by atoms with Crippen LogP contribution in [0.25, 0.3) is 0 Å². The zero-order valence-electron chi connectivity index (χ0n) is 17.9. The standard InChI is InChI=1S/C21H25N3O7/c1-11-8-12(2)10-22(9-11)18(25)14(4)31-21(28)13(3)23-19(26)15-6-5-7-16(24(29)30)17(15)20(23)27/h5-7,11-14H,8-10H2,1-4H3/t11-,12+,13-,14+/m1/s1. The topological polar surface area (TPSA) is 127 Å². The van der Waals surface area contributed by atoms with Crippen molar-refractivity contribution in [3.63, 3.8) is 0 Å². The van der Waals surface area contributed by atoms with Crippen LogP contribution in [0.5, 0.6) is 0 Å². The van der Waals surface area contributed by atoms with Crippen LogP contribution in [0.15, 0.2) is 18.2 Å². The second-order valence-electron chi connectivity index (χ2n) is 8.38. The van der Waals surface area contributed by atoms with Gasteiger partial charge in [-0.2, -0.15) is 0 Å². The first kappa shape index (κ1) is 22.4. The van der Waals surface area contributed by atoms with Crippen molar-refractivity contribution in [3.05, 3.63) is 39.4 Å². The predicted molar refractivity (Wildman–Crippen MR) is 108 cm³/mol. The minimum Gasteiger partial charge on any atom is -0.451 e. The van der Waals surface area contributed by atoms with Gasteiger partial charge in [-0.25, -0.2) is 4.79 Å². The van der Waals surface area contributed by atoms with Gasteiger partial charge >= 0.3 is 5.97 Å². The Kier molecular flexibility index (Phi) is 6.10. The Morgan fingerprint density at radius 3 is 2.32 bits per heavy atom. The zero-order chi connectivity index (χ0) is 23.0. The average Bonchev–Trinajstić information content (AvgIpc) is 2.96. The number of carbonyl (C=O) groups excluding carboxylic acids is 4. The molecule has 4 atom stereocenters. The Morgan fingerprint density at radius 1 is 1.13 bits per heavy atom. The van der Waals surface area contributed by atoms with Gasteiger partial charge in [0.15, 0.2) is 6.10 Å². The number of carbonyl (C=O) groups is 4. The van der Waals surface area contributed by atoms with Gasteiger partial charge < -0.3 is 9.64 Å². The van der Waals surface area contributed by atoms with Gasteiger partial charge in [0, 0.05) is 19.2 Å². The molecule has 0 bridgehead atoms. The third-order valence-electron chi connectivity index (χ3n) is 5.67. The molecule has 2 heterocycles. The predicted octanol–water partition coefficient (Wildman–Crippen LogP) is 2.02. The Bertz CT molecular complexity index is 950. The van der Waals surface area contributed by atoms with Gasteiger partial charge in [-0.05, 0) is 38.2 Å². The first-order chi connectivity index (χ1) is 14.5. The van der Waals surface area contributed by atoms with Gasteiger partial charge in [-0.15, -0.1) is 0 Å². The van der Waals surface area contributed by atoms with Crippen LogP contribution in [0.1, 0.15) is 54.8 Å². The lowest BCUT2D eigenvalue weighted by Crippen LogP contribution is -2.49. The van der Waals surface area contributed by atoms with E-state index in [1.165, 1.54) is 26.0 Å². The largest absolute Gasteiger partial charge is 0.451 e. The summed E-state index contributed by atoms with van der Waals surface area (Å²) in [5.41, 5.74) is -0.993. The Labute approximate surface area is 179 Å². The van der Waals surface area contributed by atoms with Crippen LogP contribution < -0.4 is 0 Å². The van der Waals surface area contributed by atoms with E-state index in [0.717, 1.165) is 12.5 Å². The normalized spacial score (nSPS) is 22.7. The van der Waals surface area contributed by atoms with Crippen molar-refractivity contribution in [2.45, 2.75) is 46.3 Å². The van der Waals surface area contributed by atoms with Gasteiger partial charge in [0.1, 0.15) is 11.6 Å². The van der Waals surface area contributed by atoms with Crippen molar-refractivity contribution in [3.8, 4) is 0 Å². The maximum atomic E-state index is 12.7. The molecule has 10 heteroatoms. The Morgan fingerprint density at radius 2 is 1.74 bits per heavy atom. The van der Waals surface area contributed by atoms with Crippen molar-refractivity contribution >= 4 is 29.4 Å². The van der Waals surface area contributed by atoms with Crippen molar-refractivity contribution in [1.82, 2.24) is 9.80 Å². The minimum absolute atomic E-state index is 0.140. The van der Waals surface area contributed by atoms with Crippen LogP contribution in [0.4, 0.5) is 5.69 Å². The molecule has 1 saturated heterocycles. The third kappa shape index (κ3) is 4.14. The number of rotatable bonds is 5. The molecule has 0 aromatic heterocycles. The highest BCUT2D eigenvalue weighted by molar-refractivity contribution is 6.24. The molecule has 2 aliphatic rings. The second kappa shape index (κ2) is 8.44. The second-order valence-corrected chi connectivity index (χ2v) is 8.38. The van der Waals surface area contributed by atoms with E-state index < -0.39 is 40.5 Å². The number of nitro benzene ring substituents is 1. The van der Waals surface area contributed by atoms with Gasteiger partial charge in [0.2, 0.25) is 0 Å². The average molecular weight is 431 g/mol. The van der Waals surface area contributed by atoms with Gasteiger partial charge in [-0.3, -0.25) is 29.4 Å². The van der Waals surface area contributed by atoms with E-state index in [9.17, 15) is 29.3 Å². The number of hydrogen-bond acceptors (Lipinski definition) is 7. The van der Waals surface area contributed by atoms with Crippen LogP contribution in [0.2, 0.25) is 0 Å². The summed E-state index contributed by atoms with van der Waals surface area (Å²) in [4.78, 5) is 63.5. The molecular formula is C21H25N3O7. The van der Waals surface area contributed by atoms with Crippen LogP contribution in [-0.2, 0) is 14.3 Å². The van der Waals surface area contributed by atoms with Gasteiger partial charge in [-0.1, -0.05) is 19.9 Å². The highest BCUT2D eigenvalue weighted by Gasteiger charge is 2.45. The summed E-state index contributed by atoms with van der Waals surface area (Å²) in [6, 6.07) is 2.38. The smallest absolute Gasteiger partial charge is 0.329 e. The van der Waals surface area contributed by atoms with E-state index >= 15 is 0 Å². The van der Waals surface area contributed by atoms with Crippen LogP contribution in [0, 0.1) is 22.0 Å². The van der Waals surface area contributed by atoms with E-state index in [0.29, 0.717) is 29.8 Å². The maximum Gasteiger partial charge on any atom is 0.329 e. The zero-order valence-corrected chi connectivity index (χ0v) is 17.9. The molecule has 1 fully saturated rings. The molecular weight excluding hydrogens is 406 g/mol. The van der Waals surface area contributed by atoms with Crippen LogP contribution >= 0.6 is 0 Å². The number of piperidine rings is 1. The van der Waals surface area contributed by atoms with E-state index in [-0.39, 0.29) is 17.0 Å². The molecule has 166 valence electrons. The molecule has 0 spiro atoms. The van der Waals surface area contributed by atoms with Crippen LogP contribution in [0.3, 0.4) is 0 Å². The van der Waals surface area contributed by atoms with E-state index in [4.69, 9.17) is 4.74 Å². The number of benzene rings is 1. The highest BCUT2D eigenvalue weighted by atomic mass is 16.6. The van der Waals surface area contributed by atoms with Gasteiger partial charge in [0.05, 0.1) is 10.5 Å². The first-order valence-electron chi connectivity index (χ1n) is 10.2. The summed E-state index contributed by atoms with van der Waals surface area (Å²) in [5, 5.41) is 11.2. The molecule has 1 aromatic rings. The highest BCUT2D eigenvalue weighted by Crippen LogP contribution is 2.32. The number of ether oxygens (including phenoxy) is 1. The molecule has 3 rings (SSSR count). The Hall–Kier alpha value is -3.30. The molecule has 2 aliphatic heterocycles.